The summed E-state index contributed by atoms with van der Waals surface area (Å²) in [6, 6.07) is 14.3. The monoisotopic (exact) mass is 432 g/mol. The van der Waals surface area contributed by atoms with Crippen molar-refractivity contribution in [1.29, 1.82) is 0 Å². The van der Waals surface area contributed by atoms with E-state index in [1.165, 1.54) is 40.7 Å². The minimum atomic E-state index is 0.226. The third-order valence-corrected chi connectivity index (χ3v) is 7.23. The summed E-state index contributed by atoms with van der Waals surface area (Å²) >= 11 is 0. The van der Waals surface area contributed by atoms with E-state index in [1.54, 1.807) is 0 Å². The van der Waals surface area contributed by atoms with Gasteiger partial charge in [0, 0.05) is 49.5 Å². The van der Waals surface area contributed by atoms with Gasteiger partial charge in [-0.15, -0.1) is 0 Å². The zero-order valence-electron chi connectivity index (χ0n) is 19.8. The van der Waals surface area contributed by atoms with Crippen molar-refractivity contribution in [2.75, 3.05) is 43.9 Å². The van der Waals surface area contributed by atoms with E-state index in [-0.39, 0.29) is 6.04 Å². The maximum atomic E-state index is 4.79. The van der Waals surface area contributed by atoms with Crippen LogP contribution in [0, 0.1) is 0 Å². The lowest BCUT2D eigenvalue weighted by molar-refractivity contribution is 0.249. The number of nitrogens with zero attached hydrogens (tertiary/aromatic N) is 4. The predicted molar refractivity (Wildman–Crippen MR) is 133 cm³/mol. The van der Waals surface area contributed by atoms with Gasteiger partial charge in [0.15, 0.2) is 0 Å². The fourth-order valence-corrected chi connectivity index (χ4v) is 5.26. The minimum absolute atomic E-state index is 0.226. The van der Waals surface area contributed by atoms with Gasteiger partial charge in [-0.25, -0.2) is 4.52 Å². The van der Waals surface area contributed by atoms with Gasteiger partial charge in [-0.05, 0) is 50.0 Å². The van der Waals surface area contributed by atoms with Crippen LogP contribution in [0.15, 0.2) is 42.6 Å². The molecule has 5 rings (SSSR count). The molecule has 1 saturated heterocycles. The molecule has 1 fully saturated rings. The average Bonchev–Trinajstić information content (AvgIpc) is 3.24. The van der Waals surface area contributed by atoms with Gasteiger partial charge in [0.25, 0.3) is 0 Å². The molecule has 0 bridgehead atoms. The van der Waals surface area contributed by atoms with Crippen molar-refractivity contribution >= 4 is 17.0 Å². The highest BCUT2D eigenvalue weighted by atomic mass is 15.3. The summed E-state index contributed by atoms with van der Waals surface area (Å²) in [6.07, 6.45) is 4.45. The van der Waals surface area contributed by atoms with E-state index >= 15 is 0 Å². The molecule has 32 heavy (non-hydrogen) atoms. The number of pyridine rings is 1. The SMILES string of the molecule is CC(C)c1cnn2c(NC3CNCc4ccccc43)cc(N3CCC(N(C)C)CC3)cc12. The summed E-state index contributed by atoms with van der Waals surface area (Å²) in [6.45, 7) is 8.54. The second-order valence-electron chi connectivity index (χ2n) is 9.86. The average molecular weight is 433 g/mol. The summed E-state index contributed by atoms with van der Waals surface area (Å²) in [5, 5.41) is 12.2. The first kappa shape index (κ1) is 21.3. The molecule has 6 heteroatoms. The standard InChI is InChI=1S/C26H36N6/c1-18(2)23-16-28-32-25(23)13-21(31-11-9-20(10-12-31)30(3)4)14-26(32)29-24-17-27-15-19-7-5-6-8-22(19)24/h5-8,13-14,16,18,20,24,27,29H,9-12,15,17H2,1-4H3. The van der Waals surface area contributed by atoms with Gasteiger partial charge in [0.1, 0.15) is 5.82 Å². The van der Waals surface area contributed by atoms with E-state index in [4.69, 9.17) is 5.10 Å². The highest BCUT2D eigenvalue weighted by Crippen LogP contribution is 2.33. The first-order valence-corrected chi connectivity index (χ1v) is 12.0. The summed E-state index contributed by atoms with van der Waals surface area (Å²) in [7, 11) is 4.40. The van der Waals surface area contributed by atoms with Crippen LogP contribution in [0.4, 0.5) is 11.5 Å². The number of hydrogen-bond acceptors (Lipinski definition) is 5. The smallest absolute Gasteiger partial charge is 0.130 e. The second kappa shape index (κ2) is 8.75. The molecular formula is C26H36N6. The normalized spacial score (nSPS) is 19.7. The third kappa shape index (κ3) is 3.97. The quantitative estimate of drug-likeness (QED) is 0.631. The van der Waals surface area contributed by atoms with E-state index in [0.29, 0.717) is 12.0 Å². The van der Waals surface area contributed by atoms with Crippen LogP contribution < -0.4 is 15.5 Å². The van der Waals surface area contributed by atoms with Crippen LogP contribution in [-0.4, -0.2) is 54.3 Å². The Morgan fingerprint density at radius 1 is 1.12 bits per heavy atom. The first-order valence-electron chi connectivity index (χ1n) is 12.0. The maximum absolute atomic E-state index is 4.79. The van der Waals surface area contributed by atoms with Crippen molar-refractivity contribution in [2.24, 2.45) is 0 Å². The number of rotatable bonds is 5. The lowest BCUT2D eigenvalue weighted by Gasteiger charge is -2.37. The lowest BCUT2D eigenvalue weighted by Crippen LogP contribution is -2.42. The molecule has 1 atom stereocenters. The zero-order valence-corrected chi connectivity index (χ0v) is 19.8. The van der Waals surface area contributed by atoms with Crippen LogP contribution in [0.5, 0.6) is 0 Å². The van der Waals surface area contributed by atoms with Gasteiger partial charge in [-0.3, -0.25) is 0 Å². The van der Waals surface area contributed by atoms with E-state index in [1.807, 2.05) is 6.20 Å². The molecule has 170 valence electrons. The lowest BCUT2D eigenvalue weighted by atomic mass is 9.97. The summed E-state index contributed by atoms with van der Waals surface area (Å²) in [5.74, 6) is 1.51. The van der Waals surface area contributed by atoms with Gasteiger partial charge < -0.3 is 20.4 Å². The van der Waals surface area contributed by atoms with Crippen LogP contribution in [0.3, 0.4) is 0 Å². The number of aromatic nitrogens is 2. The Labute approximate surface area is 191 Å². The molecule has 1 aromatic carbocycles. The van der Waals surface area contributed by atoms with Gasteiger partial charge in [0.05, 0.1) is 17.8 Å². The molecule has 1 unspecified atom stereocenters. The molecule has 6 nitrogen and oxygen atoms in total. The van der Waals surface area contributed by atoms with Crippen molar-refractivity contribution in [3.8, 4) is 0 Å². The van der Waals surface area contributed by atoms with Crippen LogP contribution in [0.25, 0.3) is 5.52 Å². The molecule has 0 spiro atoms. The largest absolute Gasteiger partial charge is 0.371 e. The highest BCUT2D eigenvalue weighted by Gasteiger charge is 2.24. The van der Waals surface area contributed by atoms with Crippen LogP contribution >= 0.6 is 0 Å². The molecule has 3 aromatic rings. The Balaban J connectivity index is 1.51. The Hall–Kier alpha value is -2.57. The van der Waals surface area contributed by atoms with Crippen molar-refractivity contribution in [3.63, 3.8) is 0 Å². The number of piperidine rings is 1. The number of benzene rings is 1. The fourth-order valence-electron chi connectivity index (χ4n) is 5.26. The van der Waals surface area contributed by atoms with Crippen LogP contribution in [0.2, 0.25) is 0 Å². The number of nitrogens with one attached hydrogen (secondary N) is 2. The minimum Gasteiger partial charge on any atom is -0.371 e. The number of hydrogen-bond donors (Lipinski definition) is 2. The Kier molecular flexibility index (Phi) is 5.82. The van der Waals surface area contributed by atoms with E-state index in [0.717, 1.165) is 32.0 Å². The Bertz CT molecular complexity index is 1080. The molecule has 2 aromatic heterocycles. The molecule has 0 radical (unpaired) electrons. The first-order chi connectivity index (χ1) is 15.5. The summed E-state index contributed by atoms with van der Waals surface area (Å²) in [5.41, 5.74) is 6.58. The predicted octanol–water partition coefficient (Wildman–Crippen LogP) is 4.24. The van der Waals surface area contributed by atoms with E-state index in [2.05, 4.69) is 89.3 Å². The van der Waals surface area contributed by atoms with Gasteiger partial charge >= 0.3 is 0 Å². The zero-order chi connectivity index (χ0) is 22.2. The summed E-state index contributed by atoms with van der Waals surface area (Å²) < 4.78 is 2.10. The van der Waals surface area contributed by atoms with E-state index < -0.39 is 0 Å². The topological polar surface area (TPSA) is 47.8 Å². The number of fused-ring (bicyclic) bond motifs is 2. The molecule has 4 heterocycles. The van der Waals surface area contributed by atoms with Crippen LogP contribution in [0.1, 0.15) is 55.3 Å². The van der Waals surface area contributed by atoms with Gasteiger partial charge in [-0.2, -0.15) is 5.10 Å². The Morgan fingerprint density at radius 3 is 2.66 bits per heavy atom. The summed E-state index contributed by atoms with van der Waals surface area (Å²) in [4.78, 5) is 4.92. The van der Waals surface area contributed by atoms with Gasteiger partial charge in [-0.1, -0.05) is 38.1 Å². The molecular weight excluding hydrogens is 396 g/mol. The molecule has 2 N–H and O–H groups in total. The fraction of sp³-hybridized carbons (Fsp3) is 0.500. The van der Waals surface area contributed by atoms with Gasteiger partial charge in [0.2, 0.25) is 0 Å². The van der Waals surface area contributed by atoms with Crippen molar-refractivity contribution in [1.82, 2.24) is 19.8 Å². The third-order valence-electron chi connectivity index (χ3n) is 7.23. The van der Waals surface area contributed by atoms with E-state index in [9.17, 15) is 0 Å². The highest BCUT2D eigenvalue weighted by molar-refractivity contribution is 5.70. The molecule has 0 saturated carbocycles. The molecule has 0 aliphatic carbocycles. The Morgan fingerprint density at radius 2 is 1.91 bits per heavy atom. The maximum Gasteiger partial charge on any atom is 0.130 e. The molecule has 2 aliphatic rings. The number of anilines is 2. The van der Waals surface area contributed by atoms with Crippen LogP contribution in [-0.2, 0) is 6.54 Å². The molecule has 2 aliphatic heterocycles. The van der Waals surface area contributed by atoms with Crippen molar-refractivity contribution in [2.45, 2.75) is 51.2 Å². The van der Waals surface area contributed by atoms with Crippen molar-refractivity contribution in [3.05, 3.63) is 59.3 Å². The molecule has 0 amide bonds. The second-order valence-corrected chi connectivity index (χ2v) is 9.86. The van der Waals surface area contributed by atoms with Crippen molar-refractivity contribution < 1.29 is 0 Å².